The molecule has 3 aromatic heterocycles. The van der Waals surface area contributed by atoms with Crippen molar-refractivity contribution in [2.75, 3.05) is 26.0 Å². The number of amides is 2. The number of carbonyl (C=O) groups excluding carboxylic acids is 1. The molecule has 0 aliphatic heterocycles. The van der Waals surface area contributed by atoms with Gasteiger partial charge in [-0.3, -0.25) is 10.3 Å². The fourth-order valence-electron chi connectivity index (χ4n) is 3.57. The molecule has 0 bridgehead atoms. The van der Waals surface area contributed by atoms with Crippen LogP contribution in [0.2, 0.25) is 0 Å². The Morgan fingerprint density at radius 2 is 1.91 bits per heavy atom. The minimum absolute atomic E-state index is 0.0972. The molecule has 0 fully saturated rings. The lowest BCUT2D eigenvalue weighted by molar-refractivity contribution is 0.246. The second-order valence-electron chi connectivity index (χ2n) is 7.99. The number of rotatable bonds is 7. The van der Waals surface area contributed by atoms with E-state index in [2.05, 4.69) is 30.6 Å². The van der Waals surface area contributed by atoms with E-state index < -0.39 is 0 Å². The van der Waals surface area contributed by atoms with Crippen molar-refractivity contribution in [2.45, 2.75) is 19.4 Å². The Hall–Kier alpha value is -3.78. The third kappa shape index (κ3) is 5.09. The smallest absolute Gasteiger partial charge is 0.320 e. The van der Waals surface area contributed by atoms with E-state index in [-0.39, 0.29) is 12.1 Å². The van der Waals surface area contributed by atoms with Gasteiger partial charge in [-0.15, -0.1) is 0 Å². The van der Waals surface area contributed by atoms with Crippen LogP contribution in [-0.4, -0.2) is 51.3 Å². The van der Waals surface area contributed by atoms with Gasteiger partial charge in [0.05, 0.1) is 29.6 Å². The number of pyridine rings is 2. The average Bonchev–Trinajstić information content (AvgIpc) is 3.20. The van der Waals surface area contributed by atoms with Gasteiger partial charge in [0.25, 0.3) is 0 Å². The molecular weight excluding hydrogens is 402 g/mol. The molecule has 0 aliphatic carbocycles. The standard InChI is InChI=1S/C24H27N7O/c1-17-13-20(9-11-25-17)31-22-16-26-23(14-19(22)15-27-31)29-24(32)28-21(10-12-30(2)3)18-7-5-4-6-8-18/h4-9,11,13-16,21H,10,12H2,1-3H3,(H2,26,28,29,32). The molecule has 8 heteroatoms. The fraction of sp³-hybridized carbons (Fsp3) is 0.250. The highest BCUT2D eigenvalue weighted by Crippen LogP contribution is 2.21. The second-order valence-corrected chi connectivity index (χ2v) is 7.99. The summed E-state index contributed by atoms with van der Waals surface area (Å²) in [6.45, 7) is 2.80. The van der Waals surface area contributed by atoms with Crippen molar-refractivity contribution >= 4 is 22.8 Å². The number of carbonyl (C=O) groups is 1. The van der Waals surface area contributed by atoms with Crippen molar-refractivity contribution in [3.8, 4) is 5.69 Å². The number of fused-ring (bicyclic) bond motifs is 1. The quantitative estimate of drug-likeness (QED) is 0.465. The number of urea groups is 1. The minimum Gasteiger partial charge on any atom is -0.331 e. The van der Waals surface area contributed by atoms with Gasteiger partial charge >= 0.3 is 6.03 Å². The highest BCUT2D eigenvalue weighted by atomic mass is 16.2. The van der Waals surface area contributed by atoms with Gasteiger partial charge in [-0.25, -0.2) is 14.5 Å². The molecule has 2 N–H and O–H groups in total. The van der Waals surface area contributed by atoms with Crippen molar-refractivity contribution < 1.29 is 4.79 Å². The maximum absolute atomic E-state index is 12.7. The molecule has 4 rings (SSSR count). The summed E-state index contributed by atoms with van der Waals surface area (Å²) in [6, 6.07) is 15.3. The van der Waals surface area contributed by atoms with Gasteiger partial charge in [0, 0.05) is 17.3 Å². The average molecular weight is 430 g/mol. The van der Waals surface area contributed by atoms with Gasteiger partial charge in [0.15, 0.2) is 0 Å². The molecule has 164 valence electrons. The van der Waals surface area contributed by atoms with E-state index in [1.807, 2.05) is 74.2 Å². The van der Waals surface area contributed by atoms with E-state index in [0.29, 0.717) is 5.82 Å². The molecule has 1 unspecified atom stereocenters. The van der Waals surface area contributed by atoms with E-state index in [4.69, 9.17) is 0 Å². The Kier molecular flexibility index (Phi) is 6.42. The molecule has 2 amide bonds. The van der Waals surface area contributed by atoms with Crippen molar-refractivity contribution in [1.29, 1.82) is 0 Å². The molecule has 4 aromatic rings. The molecule has 0 saturated heterocycles. The van der Waals surface area contributed by atoms with Crippen molar-refractivity contribution in [3.05, 3.63) is 78.4 Å². The monoisotopic (exact) mass is 429 g/mol. The molecule has 1 aromatic carbocycles. The summed E-state index contributed by atoms with van der Waals surface area (Å²) in [5.74, 6) is 0.472. The topological polar surface area (TPSA) is 88.0 Å². The molecule has 0 aliphatic rings. The highest BCUT2D eigenvalue weighted by molar-refractivity contribution is 5.91. The van der Waals surface area contributed by atoms with Crippen molar-refractivity contribution in [2.24, 2.45) is 0 Å². The van der Waals surface area contributed by atoms with Crippen molar-refractivity contribution in [3.63, 3.8) is 0 Å². The zero-order valence-electron chi connectivity index (χ0n) is 18.5. The summed E-state index contributed by atoms with van der Waals surface area (Å²) in [7, 11) is 4.05. The Morgan fingerprint density at radius 1 is 1.09 bits per heavy atom. The van der Waals surface area contributed by atoms with Crippen LogP contribution in [0.1, 0.15) is 23.7 Å². The molecule has 1 atom stereocenters. The lowest BCUT2D eigenvalue weighted by atomic mass is 10.0. The zero-order valence-corrected chi connectivity index (χ0v) is 18.5. The van der Waals surface area contributed by atoms with Crippen LogP contribution in [0.4, 0.5) is 10.6 Å². The van der Waals surface area contributed by atoms with Crippen LogP contribution in [-0.2, 0) is 0 Å². The number of benzene rings is 1. The second kappa shape index (κ2) is 9.57. The number of aryl methyl sites for hydroxylation is 1. The zero-order chi connectivity index (χ0) is 22.5. The third-order valence-corrected chi connectivity index (χ3v) is 5.19. The lowest BCUT2D eigenvalue weighted by Crippen LogP contribution is -2.34. The van der Waals surface area contributed by atoms with Crippen LogP contribution in [0, 0.1) is 6.92 Å². The van der Waals surface area contributed by atoms with Gasteiger partial charge in [-0.1, -0.05) is 30.3 Å². The van der Waals surface area contributed by atoms with Crippen LogP contribution in [0.15, 0.2) is 67.1 Å². The molecule has 0 spiro atoms. The molecule has 0 saturated carbocycles. The fourth-order valence-corrected chi connectivity index (χ4v) is 3.57. The third-order valence-electron chi connectivity index (χ3n) is 5.19. The maximum Gasteiger partial charge on any atom is 0.320 e. The molecule has 3 heterocycles. The predicted molar refractivity (Wildman–Crippen MR) is 126 cm³/mol. The summed E-state index contributed by atoms with van der Waals surface area (Å²) >= 11 is 0. The number of aromatic nitrogens is 4. The maximum atomic E-state index is 12.7. The van der Waals surface area contributed by atoms with E-state index in [1.165, 1.54) is 0 Å². The van der Waals surface area contributed by atoms with Crippen LogP contribution < -0.4 is 10.6 Å². The van der Waals surface area contributed by atoms with E-state index >= 15 is 0 Å². The minimum atomic E-state index is -0.290. The first kappa shape index (κ1) is 21.5. The van der Waals surface area contributed by atoms with E-state index in [1.54, 1.807) is 18.6 Å². The Morgan fingerprint density at radius 3 is 2.66 bits per heavy atom. The molecule has 0 radical (unpaired) electrons. The SMILES string of the molecule is Cc1cc(-n2ncc3cc(NC(=O)NC(CCN(C)C)c4ccccc4)ncc32)ccn1. The van der Waals surface area contributed by atoms with Gasteiger partial charge in [0.2, 0.25) is 0 Å². The number of anilines is 1. The highest BCUT2D eigenvalue weighted by Gasteiger charge is 2.16. The van der Waals surface area contributed by atoms with E-state index in [9.17, 15) is 4.79 Å². The van der Waals surface area contributed by atoms with Crippen LogP contribution in [0.5, 0.6) is 0 Å². The Bertz CT molecular complexity index is 1200. The number of hydrogen-bond donors (Lipinski definition) is 2. The lowest BCUT2D eigenvalue weighted by Gasteiger charge is -2.21. The number of nitrogens with zero attached hydrogens (tertiary/aromatic N) is 5. The predicted octanol–water partition coefficient (Wildman–Crippen LogP) is 3.94. The number of hydrogen-bond acceptors (Lipinski definition) is 5. The normalized spacial score (nSPS) is 12.1. The summed E-state index contributed by atoms with van der Waals surface area (Å²) in [6.07, 6.45) is 6.04. The largest absolute Gasteiger partial charge is 0.331 e. The first-order chi connectivity index (χ1) is 15.5. The van der Waals surface area contributed by atoms with Gasteiger partial charge < -0.3 is 10.2 Å². The number of nitrogens with one attached hydrogen (secondary N) is 2. The van der Waals surface area contributed by atoms with E-state index in [0.717, 1.165) is 40.8 Å². The summed E-state index contributed by atoms with van der Waals surface area (Å²) in [5, 5.41) is 11.3. The summed E-state index contributed by atoms with van der Waals surface area (Å²) in [4.78, 5) is 23.5. The summed E-state index contributed by atoms with van der Waals surface area (Å²) in [5.41, 5.74) is 3.76. The van der Waals surface area contributed by atoms with Gasteiger partial charge in [0.1, 0.15) is 5.82 Å². The van der Waals surface area contributed by atoms with Gasteiger partial charge in [-0.2, -0.15) is 5.10 Å². The Labute approximate surface area is 187 Å². The van der Waals surface area contributed by atoms with Crippen LogP contribution in [0.25, 0.3) is 16.6 Å². The molecule has 32 heavy (non-hydrogen) atoms. The van der Waals surface area contributed by atoms with Crippen LogP contribution >= 0.6 is 0 Å². The summed E-state index contributed by atoms with van der Waals surface area (Å²) < 4.78 is 1.81. The first-order valence-corrected chi connectivity index (χ1v) is 10.5. The molecular formula is C24H27N7O. The first-order valence-electron chi connectivity index (χ1n) is 10.5. The van der Waals surface area contributed by atoms with Crippen molar-refractivity contribution in [1.82, 2.24) is 30.0 Å². The Balaban J connectivity index is 1.49. The van der Waals surface area contributed by atoms with Crippen LogP contribution in [0.3, 0.4) is 0 Å². The molecule has 8 nitrogen and oxygen atoms in total. The van der Waals surface area contributed by atoms with Gasteiger partial charge in [-0.05, 0) is 57.7 Å².